The lowest BCUT2D eigenvalue weighted by atomic mass is 10.1. The van der Waals surface area contributed by atoms with E-state index in [1.165, 1.54) is 24.4 Å². The maximum absolute atomic E-state index is 11.1. The molecule has 0 bridgehead atoms. The summed E-state index contributed by atoms with van der Waals surface area (Å²) in [6.45, 7) is 2.29. The van der Waals surface area contributed by atoms with Gasteiger partial charge in [0.25, 0.3) is 0 Å². The minimum Gasteiger partial charge on any atom is -0.507 e. The summed E-state index contributed by atoms with van der Waals surface area (Å²) in [5.74, 6) is 0.00624. The molecule has 0 saturated carbocycles. The van der Waals surface area contributed by atoms with Crippen LogP contribution < -0.4 is 10.9 Å². The molecule has 1 rings (SSSR count). The van der Waals surface area contributed by atoms with Crippen LogP contribution in [0.15, 0.2) is 23.3 Å². The number of carbonyl (C=O) groups is 2. The predicted molar refractivity (Wildman–Crippen MR) is 82.9 cm³/mol. The number of hydrogen-bond acceptors (Lipinski definition) is 7. The Morgan fingerprint density at radius 3 is 2.78 bits per heavy atom. The van der Waals surface area contributed by atoms with Crippen molar-refractivity contribution in [1.29, 1.82) is 0 Å². The van der Waals surface area contributed by atoms with Crippen molar-refractivity contribution in [3.05, 3.63) is 29.3 Å². The summed E-state index contributed by atoms with van der Waals surface area (Å²) in [7, 11) is 2.94. The van der Waals surface area contributed by atoms with Gasteiger partial charge in [0.15, 0.2) is 0 Å². The SMILES string of the molecule is CCOC(=O)N/N=C/c1cc(CN(C)NC(=O)OC)ccc1O. The number of nitrogens with one attached hydrogen (secondary N) is 2. The van der Waals surface area contributed by atoms with E-state index in [9.17, 15) is 14.7 Å². The van der Waals surface area contributed by atoms with Crippen LogP contribution in [0.1, 0.15) is 18.1 Å². The molecule has 0 saturated heterocycles. The van der Waals surface area contributed by atoms with E-state index in [0.717, 1.165) is 5.56 Å². The Labute approximate surface area is 133 Å². The monoisotopic (exact) mass is 324 g/mol. The lowest BCUT2D eigenvalue weighted by molar-refractivity contribution is 0.132. The van der Waals surface area contributed by atoms with Crippen LogP contribution in [0, 0.1) is 0 Å². The highest BCUT2D eigenvalue weighted by atomic mass is 16.6. The molecule has 0 aliphatic carbocycles. The lowest BCUT2D eigenvalue weighted by Crippen LogP contribution is -2.38. The average molecular weight is 324 g/mol. The zero-order valence-electron chi connectivity index (χ0n) is 13.2. The standard InChI is InChI=1S/C14H20N4O5/c1-4-23-13(20)16-15-8-11-7-10(5-6-12(11)19)9-18(2)17-14(21)22-3/h5-8,19H,4,9H2,1-3H3,(H,16,20)(H,17,21)/b15-8+. The van der Waals surface area contributed by atoms with Gasteiger partial charge in [-0.3, -0.25) is 5.43 Å². The van der Waals surface area contributed by atoms with Gasteiger partial charge in [0.2, 0.25) is 0 Å². The van der Waals surface area contributed by atoms with Gasteiger partial charge in [-0.15, -0.1) is 0 Å². The van der Waals surface area contributed by atoms with Crippen molar-refractivity contribution in [2.75, 3.05) is 20.8 Å². The van der Waals surface area contributed by atoms with Crippen LogP contribution in [0.3, 0.4) is 0 Å². The summed E-state index contributed by atoms with van der Waals surface area (Å²) in [6.07, 6.45) is 0.0387. The Morgan fingerprint density at radius 2 is 2.13 bits per heavy atom. The normalized spacial score (nSPS) is 10.6. The number of hydrazine groups is 1. The van der Waals surface area contributed by atoms with Crippen molar-refractivity contribution in [2.24, 2.45) is 5.10 Å². The van der Waals surface area contributed by atoms with Crippen LogP contribution in [0.5, 0.6) is 5.75 Å². The fourth-order valence-corrected chi connectivity index (χ4v) is 1.64. The summed E-state index contributed by atoms with van der Waals surface area (Å²) in [4.78, 5) is 22.2. The van der Waals surface area contributed by atoms with Gasteiger partial charge in [-0.25, -0.2) is 20.0 Å². The molecule has 0 atom stereocenters. The predicted octanol–water partition coefficient (Wildman–Crippen LogP) is 1.17. The van der Waals surface area contributed by atoms with E-state index >= 15 is 0 Å². The summed E-state index contributed by atoms with van der Waals surface area (Å²) in [6, 6.07) is 4.86. The van der Waals surface area contributed by atoms with Crippen molar-refractivity contribution in [2.45, 2.75) is 13.5 Å². The number of methoxy groups -OCH3 is 1. The average Bonchev–Trinajstić information content (AvgIpc) is 2.50. The minimum atomic E-state index is -0.679. The number of amides is 2. The van der Waals surface area contributed by atoms with Gasteiger partial charge in [-0.1, -0.05) is 6.07 Å². The number of hydrazone groups is 1. The van der Waals surface area contributed by atoms with Gasteiger partial charge in [0, 0.05) is 19.2 Å². The van der Waals surface area contributed by atoms with Crippen LogP contribution in [0.4, 0.5) is 9.59 Å². The molecule has 0 radical (unpaired) electrons. The second-order valence-electron chi connectivity index (χ2n) is 4.44. The van der Waals surface area contributed by atoms with E-state index in [1.807, 2.05) is 0 Å². The maximum Gasteiger partial charge on any atom is 0.427 e. The van der Waals surface area contributed by atoms with E-state index in [4.69, 9.17) is 0 Å². The van der Waals surface area contributed by atoms with Crippen LogP contribution in [0.25, 0.3) is 0 Å². The molecule has 0 heterocycles. The summed E-state index contributed by atoms with van der Waals surface area (Å²) in [5, 5.41) is 15.0. The molecule has 126 valence electrons. The maximum atomic E-state index is 11.1. The summed E-state index contributed by atoms with van der Waals surface area (Å²) in [5.41, 5.74) is 5.87. The molecule has 0 fully saturated rings. The second kappa shape index (κ2) is 9.26. The molecule has 2 amide bonds. The number of nitrogens with zero attached hydrogens (tertiary/aromatic N) is 2. The number of carbonyl (C=O) groups excluding carboxylic acids is 2. The molecule has 1 aromatic rings. The van der Waals surface area contributed by atoms with Crippen molar-refractivity contribution in [3.63, 3.8) is 0 Å². The number of benzene rings is 1. The third-order valence-electron chi connectivity index (χ3n) is 2.61. The third kappa shape index (κ3) is 6.66. The first-order valence-electron chi connectivity index (χ1n) is 6.79. The fourth-order valence-electron chi connectivity index (χ4n) is 1.64. The second-order valence-corrected chi connectivity index (χ2v) is 4.44. The number of hydrogen-bond donors (Lipinski definition) is 3. The van der Waals surface area contributed by atoms with E-state index < -0.39 is 12.2 Å². The fraction of sp³-hybridized carbons (Fsp3) is 0.357. The van der Waals surface area contributed by atoms with Crippen LogP contribution in [0.2, 0.25) is 0 Å². The Hall–Kier alpha value is -2.81. The van der Waals surface area contributed by atoms with E-state index in [-0.39, 0.29) is 12.4 Å². The van der Waals surface area contributed by atoms with E-state index in [2.05, 4.69) is 25.4 Å². The highest BCUT2D eigenvalue weighted by Crippen LogP contribution is 2.17. The number of phenols is 1. The number of aromatic hydroxyl groups is 1. The number of rotatable bonds is 6. The molecule has 9 nitrogen and oxygen atoms in total. The van der Waals surface area contributed by atoms with E-state index in [0.29, 0.717) is 12.1 Å². The quantitative estimate of drug-likeness (QED) is 0.535. The van der Waals surface area contributed by atoms with Crippen LogP contribution in [-0.4, -0.2) is 49.3 Å². The molecule has 1 aromatic carbocycles. The zero-order valence-corrected chi connectivity index (χ0v) is 13.2. The summed E-state index contributed by atoms with van der Waals surface area (Å²) < 4.78 is 9.14. The molecule has 0 unspecified atom stereocenters. The van der Waals surface area contributed by atoms with Crippen molar-refractivity contribution in [1.82, 2.24) is 15.9 Å². The third-order valence-corrected chi connectivity index (χ3v) is 2.61. The minimum absolute atomic E-state index is 0.00624. The van der Waals surface area contributed by atoms with Crippen molar-refractivity contribution in [3.8, 4) is 5.75 Å². The molecule has 0 spiro atoms. The molecular formula is C14H20N4O5. The van der Waals surface area contributed by atoms with E-state index in [1.54, 1.807) is 26.1 Å². The van der Waals surface area contributed by atoms with Gasteiger partial charge >= 0.3 is 12.2 Å². The molecule has 0 aliphatic heterocycles. The molecule has 0 aliphatic rings. The Balaban J connectivity index is 2.69. The Morgan fingerprint density at radius 1 is 1.39 bits per heavy atom. The topological polar surface area (TPSA) is 112 Å². The Bertz CT molecular complexity index is 576. The smallest absolute Gasteiger partial charge is 0.427 e. The summed E-state index contributed by atoms with van der Waals surface area (Å²) >= 11 is 0. The molecule has 9 heteroatoms. The van der Waals surface area contributed by atoms with Gasteiger partial charge in [0.05, 0.1) is 19.9 Å². The number of phenolic OH excluding ortho intramolecular Hbond substituents is 1. The van der Waals surface area contributed by atoms with Gasteiger partial charge in [-0.05, 0) is 24.6 Å². The Kier molecular flexibility index (Phi) is 7.34. The van der Waals surface area contributed by atoms with Crippen molar-refractivity contribution >= 4 is 18.4 Å². The van der Waals surface area contributed by atoms with Gasteiger partial charge in [0.1, 0.15) is 5.75 Å². The van der Waals surface area contributed by atoms with Crippen LogP contribution in [-0.2, 0) is 16.0 Å². The lowest BCUT2D eigenvalue weighted by Gasteiger charge is -2.17. The molecule has 23 heavy (non-hydrogen) atoms. The van der Waals surface area contributed by atoms with Gasteiger partial charge in [-0.2, -0.15) is 5.10 Å². The first kappa shape index (κ1) is 18.2. The number of ether oxygens (including phenoxy) is 2. The van der Waals surface area contributed by atoms with Crippen LogP contribution >= 0.6 is 0 Å². The molecule has 3 N–H and O–H groups in total. The molecule has 0 aromatic heterocycles. The van der Waals surface area contributed by atoms with Gasteiger partial charge < -0.3 is 14.6 Å². The first-order chi connectivity index (χ1) is 11.0. The zero-order chi connectivity index (χ0) is 17.2. The first-order valence-corrected chi connectivity index (χ1v) is 6.79. The largest absolute Gasteiger partial charge is 0.507 e. The van der Waals surface area contributed by atoms with Crippen molar-refractivity contribution < 1.29 is 24.2 Å². The molecular weight excluding hydrogens is 304 g/mol. The highest BCUT2D eigenvalue weighted by Gasteiger charge is 2.07. The highest BCUT2D eigenvalue weighted by molar-refractivity contribution is 5.84.